The van der Waals surface area contributed by atoms with Crippen molar-refractivity contribution in [3.05, 3.63) is 0 Å². The van der Waals surface area contributed by atoms with E-state index in [0.717, 1.165) is 0 Å². The maximum Gasteiger partial charge on any atom is 0.469 e. The van der Waals surface area contributed by atoms with E-state index in [1.165, 1.54) is 6.92 Å². The van der Waals surface area contributed by atoms with Crippen LogP contribution in [0, 0.1) is 0 Å². The Labute approximate surface area is 176 Å². The number of hydrogen-bond donors (Lipinski definition) is 1. The van der Waals surface area contributed by atoms with Crippen LogP contribution in [0.2, 0.25) is 0 Å². The van der Waals surface area contributed by atoms with Gasteiger partial charge in [0.25, 0.3) is 5.91 Å². The molecule has 1 aliphatic rings. The number of nitrogens with zero attached hydrogens (tertiary/aromatic N) is 2. The summed E-state index contributed by atoms with van der Waals surface area (Å²) in [7, 11) is 0. The van der Waals surface area contributed by atoms with Crippen molar-refractivity contribution >= 4 is 5.91 Å². The number of halogens is 17. The third kappa shape index (κ3) is 3.91. The number of piperazine rings is 1. The van der Waals surface area contributed by atoms with Gasteiger partial charge >= 0.3 is 48.4 Å². The molecular weight excluding hydrogens is 537 g/mol. The second-order valence-electron chi connectivity index (χ2n) is 6.61. The molecule has 1 fully saturated rings. The quantitative estimate of drug-likeness (QED) is 0.280. The first-order valence-electron chi connectivity index (χ1n) is 8.32. The molecule has 4 nitrogen and oxygen atoms in total. The number of nitrogens with one attached hydrogen (secondary N) is 1. The van der Waals surface area contributed by atoms with Crippen LogP contribution in [-0.2, 0) is 4.79 Å². The van der Waals surface area contributed by atoms with Crippen LogP contribution in [0.4, 0.5) is 74.6 Å². The average Bonchev–Trinajstić information content (AvgIpc) is 2.55. The zero-order chi connectivity index (χ0) is 27.6. The van der Waals surface area contributed by atoms with E-state index in [-0.39, 0.29) is 6.42 Å². The van der Waals surface area contributed by atoms with Crippen LogP contribution >= 0.6 is 0 Å². The van der Waals surface area contributed by atoms with Crippen LogP contribution in [0.25, 0.3) is 0 Å². The first-order valence-corrected chi connectivity index (χ1v) is 8.32. The summed E-state index contributed by atoms with van der Waals surface area (Å²) in [5, 5.41) is 0.709. The highest BCUT2D eigenvalue weighted by atomic mass is 19.4. The van der Waals surface area contributed by atoms with E-state index in [1.54, 1.807) is 0 Å². The van der Waals surface area contributed by atoms with Gasteiger partial charge in [0.2, 0.25) is 0 Å². The van der Waals surface area contributed by atoms with E-state index in [4.69, 9.17) is 0 Å². The third-order valence-electron chi connectivity index (χ3n) is 4.32. The van der Waals surface area contributed by atoms with Gasteiger partial charge in [0.15, 0.2) is 0 Å². The van der Waals surface area contributed by atoms with E-state index in [0.29, 0.717) is 5.32 Å². The monoisotopic (exact) mass is 547 g/mol. The van der Waals surface area contributed by atoms with Crippen molar-refractivity contribution in [2.24, 2.45) is 0 Å². The Morgan fingerprint density at radius 3 is 1.35 bits per heavy atom. The standard InChI is InChI=1S/C13H10F17N3O/c1-2-3-4-31-5(34)6(14,7(15,16)17)8(18,19)32-9(20,21)11(24,25)33(13(28,29)30)12(26,27)10(32,22)23/h2-4H2,1H3,(H,31,34). The molecule has 1 heterocycles. The molecule has 34 heavy (non-hydrogen) atoms. The molecule has 0 aromatic carbocycles. The molecule has 0 bridgehead atoms. The Bertz CT molecular complexity index is 748. The fourth-order valence-corrected chi connectivity index (χ4v) is 2.65. The number of amides is 1. The minimum Gasteiger partial charge on any atom is -0.353 e. The SMILES string of the molecule is CCCCNC(=O)C(F)(C(F)(F)F)C(F)(F)N1C(F)(F)C(F)(F)N(C(F)(F)F)C(F)(F)C1(F)F. The van der Waals surface area contributed by atoms with Crippen LogP contribution in [0.15, 0.2) is 0 Å². The van der Waals surface area contributed by atoms with Crippen molar-refractivity contribution in [3.8, 4) is 0 Å². The van der Waals surface area contributed by atoms with Gasteiger partial charge < -0.3 is 5.32 Å². The third-order valence-corrected chi connectivity index (χ3v) is 4.32. The summed E-state index contributed by atoms with van der Waals surface area (Å²) >= 11 is 0. The fourth-order valence-electron chi connectivity index (χ4n) is 2.65. The van der Waals surface area contributed by atoms with Crippen LogP contribution in [0.3, 0.4) is 0 Å². The van der Waals surface area contributed by atoms with E-state index in [9.17, 15) is 79.4 Å². The minimum atomic E-state index is -8.06. The first-order chi connectivity index (χ1) is 14.7. The van der Waals surface area contributed by atoms with Gasteiger partial charge in [-0.15, -0.1) is 4.90 Å². The minimum absolute atomic E-state index is 0.0596. The number of carbonyl (C=O) groups is 1. The molecule has 1 unspecified atom stereocenters. The molecule has 0 saturated carbocycles. The van der Waals surface area contributed by atoms with Gasteiger partial charge in [0.05, 0.1) is 0 Å². The number of hydrogen-bond acceptors (Lipinski definition) is 3. The van der Waals surface area contributed by atoms with Gasteiger partial charge in [-0.3, -0.25) is 4.79 Å². The van der Waals surface area contributed by atoms with Gasteiger partial charge in [-0.2, -0.15) is 70.2 Å². The van der Waals surface area contributed by atoms with Crippen molar-refractivity contribution < 1.29 is 79.4 Å². The molecule has 1 N–H and O–H groups in total. The molecule has 0 radical (unpaired) electrons. The summed E-state index contributed by atoms with van der Waals surface area (Å²) in [4.78, 5) is 2.93. The van der Waals surface area contributed by atoms with Gasteiger partial charge in [0.1, 0.15) is 0 Å². The second-order valence-corrected chi connectivity index (χ2v) is 6.61. The highest BCUT2D eigenvalue weighted by Gasteiger charge is 2.96. The van der Waals surface area contributed by atoms with Crippen LogP contribution in [-0.4, -0.2) is 70.6 Å². The zero-order valence-electron chi connectivity index (χ0n) is 15.8. The number of rotatable bonds is 6. The Morgan fingerprint density at radius 2 is 1.06 bits per heavy atom. The van der Waals surface area contributed by atoms with Gasteiger partial charge in [-0.05, 0) is 6.42 Å². The largest absolute Gasteiger partial charge is 0.469 e. The van der Waals surface area contributed by atoms with Gasteiger partial charge in [0, 0.05) is 6.54 Å². The highest BCUT2D eigenvalue weighted by Crippen LogP contribution is 2.65. The highest BCUT2D eigenvalue weighted by molar-refractivity contribution is 5.87. The summed E-state index contributed by atoms with van der Waals surface area (Å²) in [6.45, 7) is 0.0900. The lowest BCUT2D eigenvalue weighted by molar-refractivity contribution is -0.578. The van der Waals surface area contributed by atoms with E-state index in [1.807, 2.05) is 0 Å². The van der Waals surface area contributed by atoms with E-state index >= 15 is 0 Å². The van der Waals surface area contributed by atoms with Crippen molar-refractivity contribution in [1.29, 1.82) is 0 Å². The predicted molar refractivity (Wildman–Crippen MR) is 72.3 cm³/mol. The van der Waals surface area contributed by atoms with E-state index < -0.39 is 77.1 Å². The van der Waals surface area contributed by atoms with E-state index in [2.05, 4.69) is 0 Å². The topological polar surface area (TPSA) is 35.6 Å². The maximum absolute atomic E-state index is 14.5. The van der Waals surface area contributed by atoms with Crippen LogP contribution in [0.1, 0.15) is 19.8 Å². The Hall–Kier alpha value is -1.80. The molecule has 1 rings (SSSR count). The lowest BCUT2D eigenvalue weighted by Gasteiger charge is -2.55. The van der Waals surface area contributed by atoms with Crippen molar-refractivity contribution in [1.82, 2.24) is 15.1 Å². The molecule has 0 aromatic heterocycles. The molecule has 1 saturated heterocycles. The van der Waals surface area contributed by atoms with Crippen molar-refractivity contribution in [2.75, 3.05) is 6.54 Å². The van der Waals surface area contributed by atoms with Gasteiger partial charge in [-0.1, -0.05) is 18.2 Å². The average molecular weight is 547 g/mol. The van der Waals surface area contributed by atoms with Gasteiger partial charge in [-0.25, -0.2) is 4.39 Å². The molecular formula is C13H10F17N3O. The number of unbranched alkanes of at least 4 members (excludes halogenated alkanes) is 1. The molecule has 21 heteroatoms. The summed E-state index contributed by atoms with van der Waals surface area (Å²) in [6.07, 6.45) is -15.6. The first kappa shape index (κ1) is 30.2. The molecule has 1 atom stereocenters. The zero-order valence-corrected chi connectivity index (χ0v) is 15.8. The smallest absolute Gasteiger partial charge is 0.353 e. The molecule has 1 amide bonds. The predicted octanol–water partition coefficient (Wildman–Crippen LogP) is 5.27. The van der Waals surface area contributed by atoms with Crippen molar-refractivity contribution in [2.45, 2.75) is 68.1 Å². The normalized spacial score (nSPS) is 25.0. The summed E-state index contributed by atoms with van der Waals surface area (Å²) in [5.74, 6) is -3.75. The summed E-state index contributed by atoms with van der Waals surface area (Å²) in [6, 6.07) is -39.8. The fraction of sp³-hybridized carbons (Fsp3) is 0.923. The molecule has 0 spiro atoms. The summed E-state index contributed by atoms with van der Waals surface area (Å²) in [5.41, 5.74) is -7.37. The second kappa shape index (κ2) is 8.12. The molecule has 0 aliphatic carbocycles. The summed E-state index contributed by atoms with van der Waals surface area (Å²) < 4.78 is 230. The van der Waals surface area contributed by atoms with Crippen LogP contribution in [0.5, 0.6) is 0 Å². The molecule has 1 aliphatic heterocycles. The molecule has 202 valence electrons. The Balaban J connectivity index is 3.96. The Morgan fingerprint density at radius 1 is 0.706 bits per heavy atom. The molecule has 0 aromatic rings. The van der Waals surface area contributed by atoms with Crippen LogP contribution < -0.4 is 5.32 Å². The number of carbonyl (C=O) groups excluding carboxylic acids is 1. The lowest BCUT2D eigenvalue weighted by Crippen LogP contribution is -2.88. The van der Waals surface area contributed by atoms with Crippen molar-refractivity contribution in [3.63, 3.8) is 0 Å². The number of alkyl halides is 17. The maximum atomic E-state index is 14.5. The Kier molecular flexibility index (Phi) is 7.22. The lowest BCUT2D eigenvalue weighted by atomic mass is 9.97.